The SMILES string of the molecule is C=C1CN=C(c2ccnc(OC)c2)C=C2c3cccc(Cl)c3CCN12. The molecule has 0 spiro atoms. The first kappa shape index (κ1) is 15.9. The Morgan fingerprint density at radius 3 is 3.00 bits per heavy atom. The molecule has 0 fully saturated rings. The predicted molar refractivity (Wildman–Crippen MR) is 101 cm³/mol. The molecule has 0 saturated heterocycles. The third kappa shape index (κ3) is 2.83. The number of aliphatic imine (C=N–C) groups is 1. The largest absolute Gasteiger partial charge is 0.481 e. The van der Waals surface area contributed by atoms with Crippen molar-refractivity contribution in [2.24, 2.45) is 4.99 Å². The molecule has 4 rings (SSSR count). The molecule has 0 radical (unpaired) electrons. The fourth-order valence-corrected chi connectivity index (χ4v) is 3.59. The van der Waals surface area contributed by atoms with Gasteiger partial charge in [0.1, 0.15) is 0 Å². The molecule has 2 aromatic rings. The highest BCUT2D eigenvalue weighted by atomic mass is 35.5. The number of nitrogens with zero attached hydrogens (tertiary/aromatic N) is 3. The Bertz CT molecular complexity index is 917. The number of hydrogen-bond donors (Lipinski definition) is 0. The predicted octanol–water partition coefficient (Wildman–Crippen LogP) is 3.96. The molecule has 4 nitrogen and oxygen atoms in total. The summed E-state index contributed by atoms with van der Waals surface area (Å²) in [4.78, 5) is 11.2. The molecule has 126 valence electrons. The number of benzene rings is 1. The van der Waals surface area contributed by atoms with Crippen molar-refractivity contribution in [3.05, 3.63) is 76.6 Å². The number of aromatic nitrogens is 1. The van der Waals surface area contributed by atoms with E-state index in [1.165, 1.54) is 5.56 Å². The summed E-state index contributed by atoms with van der Waals surface area (Å²) in [6.07, 6.45) is 4.75. The van der Waals surface area contributed by atoms with Gasteiger partial charge in [-0.3, -0.25) is 4.99 Å². The Morgan fingerprint density at radius 2 is 2.16 bits per heavy atom. The summed E-state index contributed by atoms with van der Waals surface area (Å²) in [6, 6.07) is 9.90. The summed E-state index contributed by atoms with van der Waals surface area (Å²) in [5, 5.41) is 0.817. The van der Waals surface area contributed by atoms with Gasteiger partial charge in [-0.15, -0.1) is 0 Å². The molecule has 0 aliphatic carbocycles. The van der Waals surface area contributed by atoms with Crippen LogP contribution in [0.5, 0.6) is 5.88 Å². The molecular formula is C20H18ClN3O. The number of pyridine rings is 1. The summed E-state index contributed by atoms with van der Waals surface area (Å²) in [6.45, 7) is 5.65. The van der Waals surface area contributed by atoms with Crippen LogP contribution in [0.25, 0.3) is 5.70 Å². The van der Waals surface area contributed by atoms with Crippen molar-refractivity contribution in [1.29, 1.82) is 0 Å². The van der Waals surface area contributed by atoms with Crippen molar-refractivity contribution < 1.29 is 4.74 Å². The van der Waals surface area contributed by atoms with E-state index in [2.05, 4.69) is 28.6 Å². The first-order valence-corrected chi connectivity index (χ1v) is 8.55. The Kier molecular flexibility index (Phi) is 4.06. The van der Waals surface area contributed by atoms with E-state index in [0.717, 1.165) is 46.2 Å². The summed E-state index contributed by atoms with van der Waals surface area (Å²) < 4.78 is 5.24. The highest BCUT2D eigenvalue weighted by molar-refractivity contribution is 6.31. The summed E-state index contributed by atoms with van der Waals surface area (Å²) in [7, 11) is 1.61. The van der Waals surface area contributed by atoms with Crippen LogP contribution in [-0.4, -0.2) is 35.8 Å². The maximum atomic E-state index is 6.42. The van der Waals surface area contributed by atoms with Gasteiger partial charge in [-0.25, -0.2) is 4.98 Å². The zero-order valence-electron chi connectivity index (χ0n) is 14.0. The Hall–Kier alpha value is -2.59. The lowest BCUT2D eigenvalue weighted by atomic mass is 9.94. The summed E-state index contributed by atoms with van der Waals surface area (Å²) >= 11 is 6.42. The highest BCUT2D eigenvalue weighted by Crippen LogP contribution is 2.36. The van der Waals surface area contributed by atoms with Gasteiger partial charge in [0.2, 0.25) is 5.88 Å². The molecule has 0 saturated carbocycles. The van der Waals surface area contributed by atoms with Crippen LogP contribution in [0.2, 0.25) is 5.02 Å². The molecule has 5 heteroatoms. The molecule has 1 aromatic heterocycles. The molecule has 1 aromatic carbocycles. The summed E-state index contributed by atoms with van der Waals surface area (Å²) in [5.74, 6) is 0.575. The van der Waals surface area contributed by atoms with Crippen LogP contribution in [0.1, 0.15) is 16.7 Å². The van der Waals surface area contributed by atoms with Crippen molar-refractivity contribution in [1.82, 2.24) is 9.88 Å². The molecule has 2 aliphatic heterocycles. The highest BCUT2D eigenvalue weighted by Gasteiger charge is 2.26. The molecule has 25 heavy (non-hydrogen) atoms. The smallest absolute Gasteiger partial charge is 0.213 e. The van der Waals surface area contributed by atoms with Crippen LogP contribution in [-0.2, 0) is 6.42 Å². The van der Waals surface area contributed by atoms with Gasteiger partial charge >= 0.3 is 0 Å². The third-order valence-electron chi connectivity index (χ3n) is 4.60. The second kappa shape index (κ2) is 6.37. The second-order valence-corrected chi connectivity index (χ2v) is 6.46. The van der Waals surface area contributed by atoms with Crippen molar-refractivity contribution in [3.8, 4) is 5.88 Å². The molecule has 2 aliphatic rings. The van der Waals surface area contributed by atoms with Crippen LogP contribution in [0.15, 0.2) is 59.9 Å². The molecule has 0 N–H and O–H groups in total. The van der Waals surface area contributed by atoms with Gasteiger partial charge < -0.3 is 9.64 Å². The zero-order valence-corrected chi connectivity index (χ0v) is 14.8. The minimum absolute atomic E-state index is 0.565. The average Bonchev–Trinajstić information content (AvgIpc) is 2.81. The Balaban J connectivity index is 1.86. The van der Waals surface area contributed by atoms with E-state index in [1.54, 1.807) is 13.3 Å². The Morgan fingerprint density at radius 1 is 1.28 bits per heavy atom. The van der Waals surface area contributed by atoms with Gasteiger partial charge in [-0.1, -0.05) is 30.3 Å². The van der Waals surface area contributed by atoms with E-state index in [4.69, 9.17) is 21.3 Å². The lowest BCUT2D eigenvalue weighted by Gasteiger charge is -2.33. The number of rotatable bonds is 2. The fourth-order valence-electron chi connectivity index (χ4n) is 3.32. The van der Waals surface area contributed by atoms with Crippen molar-refractivity contribution >= 4 is 23.0 Å². The van der Waals surface area contributed by atoms with Gasteiger partial charge in [0.05, 0.1) is 25.1 Å². The van der Waals surface area contributed by atoms with E-state index in [1.807, 2.05) is 24.3 Å². The van der Waals surface area contributed by atoms with Crippen molar-refractivity contribution in [3.63, 3.8) is 0 Å². The van der Waals surface area contributed by atoms with Crippen LogP contribution >= 0.6 is 11.6 Å². The van der Waals surface area contributed by atoms with Crippen LogP contribution < -0.4 is 4.74 Å². The third-order valence-corrected chi connectivity index (χ3v) is 4.95. The fraction of sp³-hybridized carbons (Fsp3) is 0.200. The maximum Gasteiger partial charge on any atom is 0.213 e. The molecule has 0 unspecified atom stereocenters. The van der Waals surface area contributed by atoms with Gasteiger partial charge in [0.15, 0.2) is 0 Å². The quantitative estimate of drug-likeness (QED) is 0.822. The van der Waals surface area contributed by atoms with E-state index < -0.39 is 0 Å². The normalized spacial score (nSPS) is 16.4. The van der Waals surface area contributed by atoms with Gasteiger partial charge in [-0.05, 0) is 30.2 Å². The molecule has 0 bridgehead atoms. The lowest BCUT2D eigenvalue weighted by molar-refractivity contribution is 0.398. The van der Waals surface area contributed by atoms with Crippen molar-refractivity contribution in [2.75, 3.05) is 20.2 Å². The number of methoxy groups -OCH3 is 1. The standard InChI is InChI=1S/C20H18ClN3O/c1-13-12-23-18(14-6-8-22-20(10-14)25-2)11-19-16-4-3-5-17(21)15(16)7-9-24(13)19/h3-6,8,10-11H,1,7,9,12H2,2H3. The number of halogens is 1. The first-order chi connectivity index (χ1) is 12.2. The number of allylic oxidation sites excluding steroid dienone is 1. The monoisotopic (exact) mass is 351 g/mol. The van der Waals surface area contributed by atoms with Gasteiger partial charge in [0.25, 0.3) is 0 Å². The van der Waals surface area contributed by atoms with Crippen LogP contribution in [0.4, 0.5) is 0 Å². The number of ether oxygens (including phenoxy) is 1. The summed E-state index contributed by atoms with van der Waals surface area (Å²) in [5.41, 5.74) is 6.30. The van der Waals surface area contributed by atoms with Crippen molar-refractivity contribution in [2.45, 2.75) is 6.42 Å². The molecule has 0 atom stereocenters. The van der Waals surface area contributed by atoms with E-state index >= 15 is 0 Å². The average molecular weight is 352 g/mol. The minimum Gasteiger partial charge on any atom is -0.481 e. The lowest BCUT2D eigenvalue weighted by Crippen LogP contribution is -2.29. The van der Waals surface area contributed by atoms with E-state index in [-0.39, 0.29) is 0 Å². The first-order valence-electron chi connectivity index (χ1n) is 8.17. The molecule has 3 heterocycles. The number of fused-ring (bicyclic) bond motifs is 3. The second-order valence-electron chi connectivity index (χ2n) is 6.05. The zero-order chi connectivity index (χ0) is 17.4. The molecule has 0 amide bonds. The van der Waals surface area contributed by atoms with E-state index in [9.17, 15) is 0 Å². The topological polar surface area (TPSA) is 37.7 Å². The van der Waals surface area contributed by atoms with Crippen LogP contribution in [0, 0.1) is 0 Å². The van der Waals surface area contributed by atoms with E-state index in [0.29, 0.717) is 12.4 Å². The minimum atomic E-state index is 0.565. The van der Waals surface area contributed by atoms with Gasteiger partial charge in [-0.2, -0.15) is 0 Å². The maximum absolute atomic E-state index is 6.42. The molecular weight excluding hydrogens is 334 g/mol. The number of hydrogen-bond acceptors (Lipinski definition) is 4. The van der Waals surface area contributed by atoms with Gasteiger partial charge in [0, 0.05) is 40.7 Å². The van der Waals surface area contributed by atoms with Crippen LogP contribution in [0.3, 0.4) is 0 Å². The Labute approximate surface area is 152 Å².